The molecule has 0 bridgehead atoms. The van der Waals surface area contributed by atoms with E-state index in [0.29, 0.717) is 18.2 Å². The Morgan fingerprint density at radius 3 is 2.65 bits per heavy atom. The van der Waals surface area contributed by atoms with Crippen molar-refractivity contribution in [3.8, 4) is 0 Å². The first-order valence-electron chi connectivity index (χ1n) is 9.26. The largest absolute Gasteiger partial charge is 0.354 e. The zero-order valence-corrected chi connectivity index (χ0v) is 15.3. The molecule has 0 N–H and O–H groups in total. The van der Waals surface area contributed by atoms with Crippen LogP contribution in [0.3, 0.4) is 0 Å². The number of aromatic nitrogens is 2. The highest BCUT2D eigenvalue weighted by Crippen LogP contribution is 2.39. The molecular weight excluding hydrogens is 330 g/mol. The van der Waals surface area contributed by atoms with Crippen molar-refractivity contribution in [3.63, 3.8) is 0 Å². The summed E-state index contributed by atoms with van der Waals surface area (Å²) >= 11 is 0. The van der Waals surface area contributed by atoms with Crippen molar-refractivity contribution in [2.45, 2.75) is 45.6 Å². The Bertz CT molecular complexity index is 753. The van der Waals surface area contributed by atoms with E-state index in [1.807, 2.05) is 42.2 Å². The average Bonchev–Trinajstić information content (AvgIpc) is 2.69. The molecule has 7 nitrogen and oxygen atoms in total. The minimum atomic E-state index is -0.336. The highest BCUT2D eigenvalue weighted by Gasteiger charge is 2.33. The maximum Gasteiger partial charge on any atom is 0.354 e. The molecular formula is C19H25N5O2. The van der Waals surface area contributed by atoms with Gasteiger partial charge >= 0.3 is 5.69 Å². The lowest BCUT2D eigenvalue weighted by Gasteiger charge is -2.36. The van der Waals surface area contributed by atoms with Gasteiger partial charge in [-0.2, -0.15) is 0 Å². The van der Waals surface area contributed by atoms with Crippen LogP contribution in [-0.2, 0) is 0 Å². The molecule has 0 saturated carbocycles. The SMILES string of the molecule is CCC1CCCCN1c1ncnc(N(CC)c2ccccc2)c1[N+](=O)[O-]. The van der Waals surface area contributed by atoms with Crippen molar-refractivity contribution < 1.29 is 4.92 Å². The number of rotatable bonds is 6. The molecule has 1 saturated heterocycles. The fourth-order valence-electron chi connectivity index (χ4n) is 3.70. The van der Waals surface area contributed by atoms with Gasteiger partial charge in [0.15, 0.2) is 0 Å². The van der Waals surface area contributed by atoms with Gasteiger partial charge in [-0.3, -0.25) is 10.1 Å². The Morgan fingerprint density at radius 2 is 2.00 bits per heavy atom. The molecule has 1 aromatic carbocycles. The normalized spacial score (nSPS) is 17.2. The third-order valence-corrected chi connectivity index (χ3v) is 4.98. The number of nitro groups is 1. The maximum absolute atomic E-state index is 12.0. The number of hydrogen-bond acceptors (Lipinski definition) is 6. The lowest BCUT2D eigenvalue weighted by atomic mass is 10.00. The fraction of sp³-hybridized carbons (Fsp3) is 0.474. The molecule has 1 fully saturated rings. The van der Waals surface area contributed by atoms with Crippen molar-refractivity contribution in [3.05, 3.63) is 46.8 Å². The van der Waals surface area contributed by atoms with Crippen LogP contribution in [0.1, 0.15) is 39.5 Å². The molecule has 138 valence electrons. The van der Waals surface area contributed by atoms with E-state index < -0.39 is 0 Å². The van der Waals surface area contributed by atoms with E-state index in [1.165, 1.54) is 6.33 Å². The Morgan fingerprint density at radius 1 is 1.23 bits per heavy atom. The molecule has 2 heterocycles. The second kappa shape index (κ2) is 8.12. The number of nitrogens with zero attached hydrogens (tertiary/aromatic N) is 5. The van der Waals surface area contributed by atoms with Gasteiger partial charge < -0.3 is 9.80 Å². The summed E-state index contributed by atoms with van der Waals surface area (Å²) in [6.45, 7) is 5.47. The van der Waals surface area contributed by atoms with Crippen molar-refractivity contribution in [2.24, 2.45) is 0 Å². The molecule has 1 unspecified atom stereocenters. The number of benzene rings is 1. The van der Waals surface area contributed by atoms with Crippen LogP contribution in [0.25, 0.3) is 0 Å². The molecule has 0 spiro atoms. The first-order valence-corrected chi connectivity index (χ1v) is 9.26. The first-order chi connectivity index (χ1) is 12.7. The highest BCUT2D eigenvalue weighted by atomic mass is 16.6. The van der Waals surface area contributed by atoms with Crippen molar-refractivity contribution in [1.82, 2.24) is 9.97 Å². The summed E-state index contributed by atoms with van der Waals surface area (Å²) in [5.41, 5.74) is 0.881. The molecule has 1 aliphatic rings. The second-order valence-corrected chi connectivity index (χ2v) is 6.46. The molecule has 2 aromatic rings. The predicted octanol–water partition coefficient (Wildman–Crippen LogP) is 4.31. The quantitative estimate of drug-likeness (QED) is 0.568. The lowest BCUT2D eigenvalue weighted by molar-refractivity contribution is -0.383. The van der Waals surface area contributed by atoms with Crippen molar-refractivity contribution in [1.29, 1.82) is 0 Å². The molecule has 0 amide bonds. The van der Waals surface area contributed by atoms with E-state index in [0.717, 1.165) is 37.9 Å². The van der Waals surface area contributed by atoms with Crippen molar-refractivity contribution >= 4 is 23.0 Å². The van der Waals surface area contributed by atoms with E-state index in [4.69, 9.17) is 0 Å². The van der Waals surface area contributed by atoms with Crippen LogP contribution in [0, 0.1) is 10.1 Å². The van der Waals surface area contributed by atoms with Crippen LogP contribution in [0.4, 0.5) is 23.0 Å². The number of para-hydroxylation sites is 1. The van der Waals surface area contributed by atoms with Crippen LogP contribution >= 0.6 is 0 Å². The Hall–Kier alpha value is -2.70. The zero-order chi connectivity index (χ0) is 18.5. The molecule has 0 aliphatic carbocycles. The van der Waals surface area contributed by atoms with Crippen LogP contribution in [0.15, 0.2) is 36.7 Å². The first kappa shape index (κ1) is 18.1. The maximum atomic E-state index is 12.0. The summed E-state index contributed by atoms with van der Waals surface area (Å²) < 4.78 is 0. The monoisotopic (exact) mass is 355 g/mol. The van der Waals surface area contributed by atoms with Gasteiger partial charge in [-0.1, -0.05) is 25.1 Å². The number of anilines is 3. The van der Waals surface area contributed by atoms with E-state index in [-0.39, 0.29) is 16.7 Å². The second-order valence-electron chi connectivity index (χ2n) is 6.46. The van der Waals surface area contributed by atoms with Gasteiger partial charge in [0, 0.05) is 24.8 Å². The standard InChI is InChI=1S/C19H25N5O2/c1-3-15-10-8-9-13-23(15)19-17(24(25)26)18(20-14-21-19)22(4-2)16-11-6-5-7-12-16/h5-7,11-12,14-15H,3-4,8-10,13H2,1-2H3. The van der Waals surface area contributed by atoms with E-state index in [1.54, 1.807) is 0 Å². The fourth-order valence-corrected chi connectivity index (χ4v) is 3.70. The molecule has 3 rings (SSSR count). The summed E-state index contributed by atoms with van der Waals surface area (Å²) in [7, 11) is 0. The lowest BCUT2D eigenvalue weighted by Crippen LogP contribution is -2.40. The van der Waals surface area contributed by atoms with Gasteiger partial charge in [-0.25, -0.2) is 9.97 Å². The summed E-state index contributed by atoms with van der Waals surface area (Å²) in [4.78, 5) is 24.3. The summed E-state index contributed by atoms with van der Waals surface area (Å²) in [5, 5.41) is 12.0. The van der Waals surface area contributed by atoms with Crippen LogP contribution in [0.2, 0.25) is 0 Å². The third-order valence-electron chi connectivity index (χ3n) is 4.98. The minimum Gasteiger partial charge on any atom is -0.348 e. The Labute approximate surface area is 153 Å². The van der Waals surface area contributed by atoms with E-state index in [9.17, 15) is 10.1 Å². The smallest absolute Gasteiger partial charge is 0.348 e. The Kier molecular flexibility index (Phi) is 5.65. The number of hydrogen-bond donors (Lipinski definition) is 0. The van der Waals surface area contributed by atoms with E-state index in [2.05, 4.69) is 21.8 Å². The van der Waals surface area contributed by atoms with Gasteiger partial charge in [0.1, 0.15) is 6.33 Å². The van der Waals surface area contributed by atoms with E-state index >= 15 is 0 Å². The van der Waals surface area contributed by atoms with Crippen molar-refractivity contribution in [2.75, 3.05) is 22.9 Å². The van der Waals surface area contributed by atoms with Crippen LogP contribution in [0.5, 0.6) is 0 Å². The Balaban J connectivity index is 2.10. The molecule has 7 heteroatoms. The molecule has 26 heavy (non-hydrogen) atoms. The van der Waals surface area contributed by atoms with Crippen LogP contribution in [-0.4, -0.2) is 34.0 Å². The summed E-state index contributed by atoms with van der Waals surface area (Å²) in [5.74, 6) is 0.801. The number of piperidine rings is 1. The van der Waals surface area contributed by atoms with Gasteiger partial charge in [-0.05, 0) is 44.7 Å². The predicted molar refractivity (Wildman–Crippen MR) is 103 cm³/mol. The molecule has 1 aromatic heterocycles. The van der Waals surface area contributed by atoms with Gasteiger partial charge in [-0.15, -0.1) is 0 Å². The van der Waals surface area contributed by atoms with Gasteiger partial charge in [0.05, 0.1) is 4.92 Å². The molecule has 1 aliphatic heterocycles. The highest BCUT2D eigenvalue weighted by molar-refractivity contribution is 5.76. The molecule has 1 atom stereocenters. The van der Waals surface area contributed by atoms with Gasteiger partial charge in [0.25, 0.3) is 0 Å². The topological polar surface area (TPSA) is 75.4 Å². The van der Waals surface area contributed by atoms with Crippen LogP contribution < -0.4 is 9.80 Å². The minimum absolute atomic E-state index is 0.00134. The van der Waals surface area contributed by atoms with Gasteiger partial charge in [0.2, 0.25) is 11.6 Å². The third kappa shape index (κ3) is 3.47. The summed E-state index contributed by atoms with van der Waals surface area (Å²) in [6.07, 6.45) is 5.63. The zero-order valence-electron chi connectivity index (χ0n) is 15.3. The average molecular weight is 355 g/mol. The summed E-state index contributed by atoms with van der Waals surface area (Å²) in [6, 6.07) is 9.93. The molecule has 0 radical (unpaired) electrons.